The lowest BCUT2D eigenvalue weighted by atomic mass is 10.4. The van der Waals surface area contributed by atoms with Crippen molar-refractivity contribution in [3.63, 3.8) is 0 Å². The molecular formula is C18H13BrCl2N2O5S2. The second-order valence-electron chi connectivity index (χ2n) is 5.75. The van der Waals surface area contributed by atoms with Gasteiger partial charge in [0, 0.05) is 6.07 Å². The van der Waals surface area contributed by atoms with Gasteiger partial charge in [-0.3, -0.25) is 0 Å². The van der Waals surface area contributed by atoms with E-state index in [0.717, 1.165) is 6.20 Å². The van der Waals surface area contributed by atoms with E-state index in [0.29, 0.717) is 0 Å². The fourth-order valence-corrected chi connectivity index (χ4v) is 7.55. The molecule has 7 nitrogen and oxygen atoms in total. The molecule has 3 aromatic rings. The van der Waals surface area contributed by atoms with E-state index in [1.165, 1.54) is 61.7 Å². The van der Waals surface area contributed by atoms with Gasteiger partial charge in [0.25, 0.3) is 20.0 Å². The summed E-state index contributed by atoms with van der Waals surface area (Å²) in [6, 6.07) is 12.2. The highest BCUT2D eigenvalue weighted by Crippen LogP contribution is 2.37. The summed E-state index contributed by atoms with van der Waals surface area (Å²) >= 11 is 15.3. The van der Waals surface area contributed by atoms with E-state index in [1.807, 2.05) is 0 Å². The van der Waals surface area contributed by atoms with Crippen molar-refractivity contribution >= 4 is 64.9 Å². The first-order chi connectivity index (χ1) is 14.1. The topological polar surface area (TPSA) is 93.6 Å². The molecule has 0 amide bonds. The van der Waals surface area contributed by atoms with Gasteiger partial charge in [-0.05, 0) is 40.2 Å². The maximum absolute atomic E-state index is 13.5. The normalized spacial score (nSPS) is 11.9. The van der Waals surface area contributed by atoms with Crippen LogP contribution in [0.25, 0.3) is 0 Å². The Bertz CT molecular complexity index is 1240. The van der Waals surface area contributed by atoms with Gasteiger partial charge in [-0.15, -0.1) is 0 Å². The van der Waals surface area contributed by atoms with Crippen molar-refractivity contribution in [1.29, 1.82) is 0 Å². The maximum atomic E-state index is 13.5. The molecule has 1 aromatic heterocycles. The summed E-state index contributed by atoms with van der Waals surface area (Å²) in [6.07, 6.45) is 1.08. The zero-order valence-corrected chi connectivity index (χ0v) is 19.9. The third-order valence-corrected chi connectivity index (χ3v) is 9.66. The molecular weight excluding hydrogens is 539 g/mol. The summed E-state index contributed by atoms with van der Waals surface area (Å²) in [5.41, 5.74) is -0.283. The van der Waals surface area contributed by atoms with E-state index in [1.54, 1.807) is 0 Å². The Morgan fingerprint density at radius 2 is 1.37 bits per heavy atom. The van der Waals surface area contributed by atoms with Crippen LogP contribution in [0.1, 0.15) is 0 Å². The Labute approximate surface area is 192 Å². The van der Waals surface area contributed by atoms with E-state index < -0.39 is 29.8 Å². The highest BCUT2D eigenvalue weighted by molar-refractivity contribution is 9.10. The van der Waals surface area contributed by atoms with Crippen LogP contribution in [0.2, 0.25) is 10.0 Å². The summed E-state index contributed by atoms with van der Waals surface area (Å²) in [5.74, 6) is 0.126. The number of sulfonamides is 2. The van der Waals surface area contributed by atoms with Crippen LogP contribution in [0.5, 0.6) is 5.75 Å². The number of methoxy groups -OCH3 is 1. The van der Waals surface area contributed by atoms with E-state index in [-0.39, 0.29) is 29.8 Å². The van der Waals surface area contributed by atoms with Gasteiger partial charge in [0.1, 0.15) is 14.4 Å². The monoisotopic (exact) mass is 550 g/mol. The molecule has 1 heterocycles. The first-order valence-electron chi connectivity index (χ1n) is 8.10. The number of ether oxygens (including phenoxy) is 1. The van der Waals surface area contributed by atoms with Gasteiger partial charge in [0.05, 0.1) is 29.0 Å². The Hall–Kier alpha value is -1.85. The molecule has 0 aliphatic heterocycles. The fraction of sp³-hybridized carbons (Fsp3) is 0.0556. The molecule has 0 saturated carbocycles. The van der Waals surface area contributed by atoms with Crippen molar-refractivity contribution in [3.8, 4) is 5.75 Å². The predicted molar refractivity (Wildman–Crippen MR) is 118 cm³/mol. The average molecular weight is 552 g/mol. The summed E-state index contributed by atoms with van der Waals surface area (Å²) in [4.78, 5) is 3.19. The van der Waals surface area contributed by atoms with Crippen molar-refractivity contribution in [3.05, 3.63) is 75.4 Å². The van der Waals surface area contributed by atoms with Gasteiger partial charge in [0.2, 0.25) is 0 Å². The van der Waals surface area contributed by atoms with E-state index in [9.17, 15) is 16.8 Å². The molecule has 0 atom stereocenters. The number of hydrogen-bond acceptors (Lipinski definition) is 6. The highest BCUT2D eigenvalue weighted by Gasteiger charge is 2.39. The van der Waals surface area contributed by atoms with Crippen LogP contribution in [-0.2, 0) is 20.0 Å². The van der Waals surface area contributed by atoms with Gasteiger partial charge in [-0.2, -0.15) is 20.5 Å². The highest BCUT2D eigenvalue weighted by atomic mass is 79.9. The molecule has 0 unspecified atom stereocenters. The number of pyridine rings is 1. The van der Waals surface area contributed by atoms with Gasteiger partial charge in [0.15, 0.2) is 5.75 Å². The lowest BCUT2D eigenvalue weighted by Crippen LogP contribution is -2.37. The number of halogens is 3. The van der Waals surface area contributed by atoms with Crippen LogP contribution < -0.4 is 8.45 Å². The van der Waals surface area contributed by atoms with E-state index >= 15 is 0 Å². The molecule has 0 spiro atoms. The summed E-state index contributed by atoms with van der Waals surface area (Å²) in [6.45, 7) is 0. The number of hydrogen-bond donors (Lipinski definition) is 0. The lowest BCUT2D eigenvalue weighted by molar-refractivity contribution is 0.410. The molecule has 158 valence electrons. The molecule has 3 rings (SSSR count). The van der Waals surface area contributed by atoms with Gasteiger partial charge >= 0.3 is 0 Å². The second kappa shape index (κ2) is 8.72. The minimum absolute atomic E-state index is 0.126. The summed E-state index contributed by atoms with van der Waals surface area (Å²) in [7, 11) is -8.07. The molecule has 0 N–H and O–H groups in total. The first-order valence-corrected chi connectivity index (χ1v) is 12.5. The van der Waals surface area contributed by atoms with Crippen molar-refractivity contribution in [2.24, 2.45) is 0 Å². The minimum atomic E-state index is -4.70. The number of aromatic nitrogens is 1. The number of nitrogens with zero attached hydrogens (tertiary/aromatic N) is 2. The molecule has 0 saturated heterocycles. The SMILES string of the molecule is COc1cc(N(S(=O)(=O)c2ccccc2Cl)S(=O)(=O)c2ccccc2Cl)cnc1Br. The second-order valence-corrected chi connectivity index (χ2v) is 11.1. The molecule has 0 fully saturated rings. The zero-order valence-electron chi connectivity index (χ0n) is 15.2. The Kier molecular flexibility index (Phi) is 6.63. The smallest absolute Gasteiger partial charge is 0.279 e. The zero-order chi connectivity index (χ0) is 22.1. The van der Waals surface area contributed by atoms with Crippen LogP contribution >= 0.6 is 39.1 Å². The molecule has 0 radical (unpaired) electrons. The van der Waals surface area contributed by atoms with Crippen molar-refractivity contribution in [1.82, 2.24) is 4.98 Å². The maximum Gasteiger partial charge on any atom is 0.279 e. The quantitative estimate of drug-likeness (QED) is 0.411. The van der Waals surface area contributed by atoms with E-state index in [2.05, 4.69) is 20.9 Å². The summed E-state index contributed by atoms with van der Waals surface area (Å²) in [5, 5.41) is -0.289. The van der Waals surface area contributed by atoms with Gasteiger partial charge < -0.3 is 4.74 Å². The largest absolute Gasteiger partial charge is 0.494 e. The molecule has 2 aromatic carbocycles. The van der Waals surface area contributed by atoms with Crippen LogP contribution in [0, 0.1) is 0 Å². The Morgan fingerprint density at radius 1 is 0.900 bits per heavy atom. The van der Waals surface area contributed by atoms with Crippen LogP contribution in [0.15, 0.2) is 75.2 Å². The van der Waals surface area contributed by atoms with Crippen LogP contribution in [-0.4, -0.2) is 28.9 Å². The Morgan fingerprint density at radius 3 is 1.80 bits per heavy atom. The predicted octanol–water partition coefficient (Wildman–Crippen LogP) is 4.74. The number of rotatable bonds is 6. The van der Waals surface area contributed by atoms with E-state index in [4.69, 9.17) is 27.9 Å². The third-order valence-electron chi connectivity index (χ3n) is 3.89. The molecule has 12 heteroatoms. The van der Waals surface area contributed by atoms with Crippen molar-refractivity contribution in [2.75, 3.05) is 10.8 Å². The van der Waals surface area contributed by atoms with Crippen molar-refractivity contribution < 1.29 is 21.6 Å². The third kappa shape index (κ3) is 4.15. The Balaban J connectivity index is 2.36. The van der Waals surface area contributed by atoms with Crippen molar-refractivity contribution in [2.45, 2.75) is 9.79 Å². The van der Waals surface area contributed by atoms with Gasteiger partial charge in [-0.1, -0.05) is 47.5 Å². The molecule has 0 aliphatic rings. The minimum Gasteiger partial charge on any atom is -0.494 e. The standard InChI is InChI=1S/C18H13BrCl2N2O5S2/c1-28-15-10-12(11-22-18(15)19)23(29(24,25)16-8-4-2-6-13(16)20)30(26,27)17-9-5-3-7-14(17)21/h2-11H,1H3. The molecule has 0 bridgehead atoms. The fourth-order valence-electron chi connectivity index (χ4n) is 2.55. The first kappa shape index (κ1) is 22.8. The van der Waals surface area contributed by atoms with Gasteiger partial charge in [-0.25, -0.2) is 4.98 Å². The number of benzene rings is 2. The lowest BCUT2D eigenvalue weighted by Gasteiger charge is -2.25. The number of anilines is 1. The van der Waals surface area contributed by atoms with Crippen LogP contribution in [0.4, 0.5) is 5.69 Å². The average Bonchev–Trinajstić information content (AvgIpc) is 2.69. The molecule has 0 aliphatic carbocycles. The summed E-state index contributed by atoms with van der Waals surface area (Å²) < 4.78 is 59.7. The molecule has 30 heavy (non-hydrogen) atoms. The van der Waals surface area contributed by atoms with Crippen LogP contribution in [0.3, 0.4) is 0 Å².